The summed E-state index contributed by atoms with van der Waals surface area (Å²) in [7, 11) is 0. The minimum absolute atomic E-state index is 0. The number of rotatable bonds is 4. The summed E-state index contributed by atoms with van der Waals surface area (Å²) in [6, 6.07) is 12.7. The number of carbonyl (C=O) groups excluding carboxylic acids is 1. The normalized spacial score (nSPS) is 15.1. The first-order valence-corrected chi connectivity index (χ1v) is 8.88. The molecule has 0 radical (unpaired) electrons. The topological polar surface area (TPSA) is 110 Å². The van der Waals surface area contributed by atoms with Gasteiger partial charge in [-0.25, -0.2) is 4.79 Å². The van der Waals surface area contributed by atoms with Crippen LogP contribution in [-0.2, 0) is 19.5 Å². The van der Waals surface area contributed by atoms with Gasteiger partial charge in [0.15, 0.2) is 0 Å². The average Bonchev–Trinajstić information content (AvgIpc) is 2.70. The molecule has 28 heavy (non-hydrogen) atoms. The van der Waals surface area contributed by atoms with E-state index in [0.717, 1.165) is 11.1 Å². The second-order valence-electron chi connectivity index (χ2n) is 6.86. The number of halogens is 1. The lowest BCUT2D eigenvalue weighted by Gasteiger charge is -2.26. The molecule has 1 atom stereocenters. The molecule has 0 fully saturated rings. The van der Waals surface area contributed by atoms with Crippen LogP contribution >= 0.6 is 12.4 Å². The zero-order chi connectivity index (χ0) is 19.0. The van der Waals surface area contributed by atoms with Gasteiger partial charge >= 0.3 is 5.69 Å². The number of hydrogen-bond donors (Lipinski definition) is 3. The van der Waals surface area contributed by atoms with Gasteiger partial charge in [0.05, 0.1) is 10.9 Å². The molecule has 4 rings (SSSR count). The fourth-order valence-electron chi connectivity index (χ4n) is 3.67. The van der Waals surface area contributed by atoms with Gasteiger partial charge in [0.25, 0.3) is 11.5 Å². The molecule has 0 aliphatic carbocycles. The van der Waals surface area contributed by atoms with E-state index in [-0.39, 0.29) is 29.8 Å². The molecular weight excluding hydrogens is 380 g/mol. The molecule has 8 heteroatoms. The molecule has 2 heterocycles. The van der Waals surface area contributed by atoms with Gasteiger partial charge in [0, 0.05) is 25.2 Å². The first kappa shape index (κ1) is 19.9. The van der Waals surface area contributed by atoms with Crippen molar-refractivity contribution in [3.63, 3.8) is 0 Å². The van der Waals surface area contributed by atoms with Crippen LogP contribution in [0, 0.1) is 5.92 Å². The fraction of sp³-hybridized carbons (Fsp3) is 0.250. The molecule has 0 saturated heterocycles. The van der Waals surface area contributed by atoms with Crippen LogP contribution in [-0.4, -0.2) is 22.0 Å². The molecule has 1 unspecified atom stereocenters. The smallest absolute Gasteiger partial charge is 0.328 e. The van der Waals surface area contributed by atoms with Gasteiger partial charge in [-0.3, -0.25) is 19.1 Å². The summed E-state index contributed by atoms with van der Waals surface area (Å²) in [5.41, 5.74) is 8.00. The molecule has 0 bridgehead atoms. The van der Waals surface area contributed by atoms with Gasteiger partial charge in [-0.2, -0.15) is 0 Å². The number of hydrogen-bond acceptors (Lipinski definition) is 4. The Morgan fingerprint density at radius 3 is 2.64 bits per heavy atom. The number of carbonyl (C=O) groups is 1. The molecule has 7 nitrogen and oxygen atoms in total. The highest BCUT2D eigenvalue weighted by Crippen LogP contribution is 2.24. The van der Waals surface area contributed by atoms with E-state index < -0.39 is 5.69 Å². The van der Waals surface area contributed by atoms with Crippen LogP contribution in [0.3, 0.4) is 0 Å². The van der Waals surface area contributed by atoms with Crippen LogP contribution in [0.5, 0.6) is 0 Å². The van der Waals surface area contributed by atoms with Crippen LogP contribution in [0.15, 0.2) is 52.1 Å². The van der Waals surface area contributed by atoms with Crippen molar-refractivity contribution in [1.82, 2.24) is 14.9 Å². The van der Waals surface area contributed by atoms with Gasteiger partial charge in [-0.15, -0.1) is 12.4 Å². The first-order chi connectivity index (χ1) is 13.1. The minimum atomic E-state index is -0.409. The summed E-state index contributed by atoms with van der Waals surface area (Å²) < 4.78 is 1.60. The lowest BCUT2D eigenvalue weighted by atomic mass is 9.93. The van der Waals surface area contributed by atoms with E-state index in [1.54, 1.807) is 22.8 Å². The second-order valence-corrected chi connectivity index (χ2v) is 6.86. The third-order valence-corrected chi connectivity index (χ3v) is 5.05. The molecule has 4 N–H and O–H groups in total. The Balaban J connectivity index is 0.00000225. The molecule has 1 amide bonds. The largest absolute Gasteiger partial charge is 0.352 e. The van der Waals surface area contributed by atoms with Gasteiger partial charge in [-0.1, -0.05) is 24.3 Å². The van der Waals surface area contributed by atoms with Gasteiger partial charge in [-0.05, 0) is 41.7 Å². The standard InChI is InChI=1S/C20H20N4O3.ClH/c21-9-12-4-6-14(7-5-12)18(25)22-10-13-8-15-2-1-3-16-17(15)24(11-13)20(27)23-19(16)26;/h1-7,13H,8-11,21H2,(H,22,25)(H,23,26,27);1H. The SMILES string of the molecule is Cl.NCc1ccc(C(=O)NCC2Cc3cccc4c(=O)[nH]c(=O)n(c34)C2)cc1. The van der Waals surface area contributed by atoms with Crippen molar-refractivity contribution >= 4 is 29.2 Å². The summed E-state index contributed by atoms with van der Waals surface area (Å²) in [6.07, 6.45) is 0.701. The van der Waals surface area contributed by atoms with Crippen molar-refractivity contribution in [3.8, 4) is 0 Å². The van der Waals surface area contributed by atoms with Crippen LogP contribution < -0.4 is 22.3 Å². The average molecular weight is 401 g/mol. The number of nitrogens with zero attached hydrogens (tertiary/aromatic N) is 1. The lowest BCUT2D eigenvalue weighted by molar-refractivity contribution is 0.0945. The number of H-pyrrole nitrogens is 1. The molecule has 1 aliphatic heterocycles. The monoisotopic (exact) mass is 400 g/mol. The Morgan fingerprint density at radius 2 is 1.93 bits per heavy atom. The van der Waals surface area contributed by atoms with E-state index in [9.17, 15) is 14.4 Å². The predicted molar refractivity (Wildman–Crippen MR) is 110 cm³/mol. The third kappa shape index (κ3) is 3.58. The highest BCUT2D eigenvalue weighted by Gasteiger charge is 2.23. The van der Waals surface area contributed by atoms with Crippen LogP contribution in [0.4, 0.5) is 0 Å². The Morgan fingerprint density at radius 1 is 1.18 bits per heavy atom. The minimum Gasteiger partial charge on any atom is -0.352 e. The van der Waals surface area contributed by atoms with Gasteiger partial charge in [0.1, 0.15) is 0 Å². The van der Waals surface area contributed by atoms with E-state index >= 15 is 0 Å². The van der Waals surface area contributed by atoms with Gasteiger partial charge < -0.3 is 11.1 Å². The second kappa shape index (κ2) is 8.00. The fourth-order valence-corrected chi connectivity index (χ4v) is 3.67. The van der Waals surface area contributed by atoms with Crippen molar-refractivity contribution in [2.45, 2.75) is 19.5 Å². The third-order valence-electron chi connectivity index (χ3n) is 5.05. The van der Waals surface area contributed by atoms with Crippen molar-refractivity contribution in [2.24, 2.45) is 11.7 Å². The van der Waals surface area contributed by atoms with Crippen molar-refractivity contribution in [3.05, 3.63) is 80.0 Å². The van der Waals surface area contributed by atoms with Gasteiger partial charge in [0.2, 0.25) is 0 Å². The number of aromatic nitrogens is 2. The van der Waals surface area contributed by atoms with E-state index in [0.29, 0.717) is 42.5 Å². The predicted octanol–water partition coefficient (Wildman–Crippen LogP) is 1.17. The number of aromatic amines is 1. The summed E-state index contributed by atoms with van der Waals surface area (Å²) in [6.45, 7) is 1.33. The maximum absolute atomic E-state index is 12.4. The van der Waals surface area contributed by atoms with Crippen LogP contribution in [0.25, 0.3) is 10.9 Å². The molecule has 2 aromatic carbocycles. The van der Waals surface area contributed by atoms with E-state index in [4.69, 9.17) is 5.73 Å². The maximum atomic E-state index is 12.4. The van der Waals surface area contributed by atoms with Crippen molar-refractivity contribution in [1.29, 1.82) is 0 Å². The summed E-state index contributed by atoms with van der Waals surface area (Å²) in [5, 5.41) is 3.47. The Labute approximate surface area is 167 Å². The molecule has 1 aliphatic rings. The van der Waals surface area contributed by atoms with Crippen LogP contribution in [0.2, 0.25) is 0 Å². The lowest BCUT2D eigenvalue weighted by Crippen LogP contribution is -2.39. The Hall–Kier alpha value is -2.90. The summed E-state index contributed by atoms with van der Waals surface area (Å²) >= 11 is 0. The molecule has 146 valence electrons. The number of para-hydroxylation sites is 1. The van der Waals surface area contributed by atoms with E-state index in [1.807, 2.05) is 24.3 Å². The molecular formula is C20H21ClN4O3. The number of amides is 1. The first-order valence-electron chi connectivity index (χ1n) is 8.88. The zero-order valence-corrected chi connectivity index (χ0v) is 15.9. The number of nitrogens with two attached hydrogens (primary N) is 1. The zero-order valence-electron chi connectivity index (χ0n) is 15.1. The maximum Gasteiger partial charge on any atom is 0.328 e. The van der Waals surface area contributed by atoms with Crippen molar-refractivity contribution < 1.29 is 4.79 Å². The van der Waals surface area contributed by atoms with E-state index in [1.165, 1.54) is 0 Å². The Bertz CT molecular complexity index is 1130. The number of benzene rings is 2. The highest BCUT2D eigenvalue weighted by molar-refractivity contribution is 5.94. The Kier molecular flexibility index (Phi) is 5.67. The molecule has 0 spiro atoms. The van der Waals surface area contributed by atoms with Crippen molar-refractivity contribution in [2.75, 3.05) is 6.54 Å². The van der Waals surface area contributed by atoms with E-state index in [2.05, 4.69) is 10.3 Å². The molecule has 3 aromatic rings. The molecule has 1 aromatic heterocycles. The highest BCUT2D eigenvalue weighted by atomic mass is 35.5. The summed E-state index contributed by atoms with van der Waals surface area (Å²) in [5.74, 6) is -0.0876. The number of nitrogens with one attached hydrogen (secondary N) is 2. The summed E-state index contributed by atoms with van der Waals surface area (Å²) in [4.78, 5) is 39.0. The van der Waals surface area contributed by atoms with Crippen LogP contribution in [0.1, 0.15) is 21.5 Å². The molecule has 0 saturated carbocycles. The quantitative estimate of drug-likeness (QED) is 0.610.